The molecule has 4 aromatic rings. The lowest BCUT2D eigenvalue weighted by Gasteiger charge is -2.41. The molecule has 2 heteroatoms. The molecule has 0 saturated carbocycles. The van der Waals surface area contributed by atoms with E-state index < -0.39 is 8.07 Å². The SMILES string of the molecule is CN1c2ccccc2[Si](C)(C)c2c1c1ccccc1c1ccccc21. The lowest BCUT2D eigenvalue weighted by molar-refractivity contribution is 1.23. The second kappa shape index (κ2) is 4.96. The Morgan fingerprint density at radius 2 is 1.16 bits per heavy atom. The fourth-order valence-electron chi connectivity index (χ4n) is 4.65. The van der Waals surface area contributed by atoms with E-state index in [1.165, 1.54) is 38.1 Å². The monoisotopic (exact) mass is 339 g/mol. The molecular weight excluding hydrogens is 318 g/mol. The Kier molecular flexibility index (Phi) is 2.92. The Morgan fingerprint density at radius 3 is 1.88 bits per heavy atom. The van der Waals surface area contributed by atoms with E-state index in [0.717, 1.165) is 0 Å². The van der Waals surface area contributed by atoms with Crippen molar-refractivity contribution in [1.82, 2.24) is 0 Å². The van der Waals surface area contributed by atoms with Crippen molar-refractivity contribution >= 4 is 51.4 Å². The largest absolute Gasteiger partial charge is 0.344 e. The van der Waals surface area contributed by atoms with Gasteiger partial charge in [-0.15, -0.1) is 0 Å². The van der Waals surface area contributed by atoms with Crippen molar-refractivity contribution in [2.45, 2.75) is 13.1 Å². The highest BCUT2D eigenvalue weighted by Crippen LogP contribution is 2.39. The van der Waals surface area contributed by atoms with Crippen molar-refractivity contribution in [3.8, 4) is 0 Å². The van der Waals surface area contributed by atoms with Crippen LogP contribution in [0.3, 0.4) is 0 Å². The first-order valence-electron chi connectivity index (χ1n) is 8.88. The van der Waals surface area contributed by atoms with Gasteiger partial charge < -0.3 is 4.90 Å². The summed E-state index contributed by atoms with van der Waals surface area (Å²) in [5.74, 6) is 0. The van der Waals surface area contributed by atoms with Crippen molar-refractivity contribution in [1.29, 1.82) is 0 Å². The second-order valence-corrected chi connectivity index (χ2v) is 11.8. The predicted octanol–water partition coefficient (Wildman–Crippen LogP) is 4.90. The number of anilines is 2. The summed E-state index contributed by atoms with van der Waals surface area (Å²) in [5, 5.41) is 8.63. The maximum absolute atomic E-state index is 2.50. The Bertz CT molecular complexity index is 1140. The zero-order valence-corrected chi connectivity index (χ0v) is 15.9. The van der Waals surface area contributed by atoms with Crippen LogP contribution in [0.1, 0.15) is 0 Å². The van der Waals surface area contributed by atoms with Gasteiger partial charge in [0.1, 0.15) is 8.07 Å². The van der Waals surface area contributed by atoms with Gasteiger partial charge in [-0.3, -0.25) is 0 Å². The molecule has 25 heavy (non-hydrogen) atoms. The van der Waals surface area contributed by atoms with E-state index in [0.29, 0.717) is 0 Å². The van der Waals surface area contributed by atoms with Crippen LogP contribution in [0.25, 0.3) is 21.5 Å². The van der Waals surface area contributed by atoms with Crippen LogP contribution in [0.15, 0.2) is 72.8 Å². The van der Waals surface area contributed by atoms with Crippen LogP contribution in [-0.4, -0.2) is 15.1 Å². The molecule has 0 bridgehead atoms. The van der Waals surface area contributed by atoms with Crippen LogP contribution < -0.4 is 15.3 Å². The van der Waals surface area contributed by atoms with E-state index in [-0.39, 0.29) is 0 Å². The van der Waals surface area contributed by atoms with Crippen molar-refractivity contribution in [3.05, 3.63) is 72.8 Å². The Hall–Kier alpha value is -2.58. The molecule has 0 fully saturated rings. The first-order chi connectivity index (χ1) is 12.1. The van der Waals surface area contributed by atoms with Gasteiger partial charge in [-0.05, 0) is 32.6 Å². The van der Waals surface area contributed by atoms with Crippen molar-refractivity contribution in [2.75, 3.05) is 11.9 Å². The topological polar surface area (TPSA) is 3.24 Å². The first kappa shape index (κ1) is 14.7. The Labute approximate surface area is 149 Å². The molecule has 0 aliphatic carbocycles. The van der Waals surface area contributed by atoms with Gasteiger partial charge in [-0.1, -0.05) is 79.8 Å². The van der Waals surface area contributed by atoms with Crippen molar-refractivity contribution in [2.24, 2.45) is 0 Å². The average molecular weight is 340 g/mol. The minimum atomic E-state index is -1.80. The lowest BCUT2D eigenvalue weighted by atomic mass is 9.99. The molecule has 0 radical (unpaired) electrons. The predicted molar refractivity (Wildman–Crippen MR) is 113 cm³/mol. The van der Waals surface area contributed by atoms with Crippen LogP contribution in [0.4, 0.5) is 11.4 Å². The van der Waals surface area contributed by atoms with Gasteiger partial charge in [-0.2, -0.15) is 0 Å². The van der Waals surface area contributed by atoms with E-state index in [1.807, 2.05) is 0 Å². The zero-order chi connectivity index (χ0) is 17.2. The Balaban J connectivity index is 2.06. The minimum absolute atomic E-state index is 1.35. The molecule has 5 rings (SSSR count). The number of benzene rings is 4. The molecule has 1 aliphatic heterocycles. The summed E-state index contributed by atoms with van der Waals surface area (Å²) < 4.78 is 0. The summed E-state index contributed by atoms with van der Waals surface area (Å²) in [6.45, 7) is 5.00. The minimum Gasteiger partial charge on any atom is -0.344 e. The van der Waals surface area contributed by atoms with Crippen LogP contribution >= 0.6 is 0 Å². The molecule has 0 aromatic heterocycles. The van der Waals surface area contributed by atoms with Gasteiger partial charge >= 0.3 is 0 Å². The normalized spacial score (nSPS) is 15.2. The average Bonchev–Trinajstić information content (AvgIpc) is 2.65. The summed E-state index contributed by atoms with van der Waals surface area (Å²) in [4.78, 5) is 2.41. The molecular formula is C23H21NSi. The molecule has 1 nitrogen and oxygen atoms in total. The van der Waals surface area contributed by atoms with Gasteiger partial charge in [0.25, 0.3) is 0 Å². The summed E-state index contributed by atoms with van der Waals surface area (Å²) in [5.41, 5.74) is 2.77. The second-order valence-electron chi connectivity index (χ2n) is 7.52. The van der Waals surface area contributed by atoms with E-state index in [2.05, 4.69) is 97.8 Å². The number of hydrogen-bond acceptors (Lipinski definition) is 1. The van der Waals surface area contributed by atoms with Gasteiger partial charge in [0.15, 0.2) is 0 Å². The Morgan fingerprint density at radius 1 is 0.640 bits per heavy atom. The van der Waals surface area contributed by atoms with Gasteiger partial charge in [0, 0.05) is 23.8 Å². The molecule has 0 saturated heterocycles. The van der Waals surface area contributed by atoms with Gasteiger partial charge in [-0.25, -0.2) is 0 Å². The number of nitrogens with zero attached hydrogens (tertiary/aromatic N) is 1. The quantitative estimate of drug-likeness (QED) is 0.325. The molecule has 1 aliphatic rings. The standard InChI is InChI=1S/C23H21NSi/c1-24-20-14-8-9-15-21(20)25(2,3)23-19-13-7-5-11-17(19)16-10-4-6-12-18(16)22(23)24/h4-15H,1-3H3. The molecule has 0 amide bonds. The molecule has 4 aromatic carbocycles. The summed E-state index contributed by atoms with van der Waals surface area (Å²) >= 11 is 0. The van der Waals surface area contributed by atoms with E-state index in [9.17, 15) is 0 Å². The number of para-hydroxylation sites is 1. The zero-order valence-electron chi connectivity index (χ0n) is 14.9. The summed E-state index contributed by atoms with van der Waals surface area (Å²) in [6, 6.07) is 26.8. The third kappa shape index (κ3) is 1.83. The molecule has 0 atom stereocenters. The number of fused-ring (bicyclic) bond motifs is 7. The van der Waals surface area contributed by atoms with Crippen LogP contribution in [-0.2, 0) is 0 Å². The smallest absolute Gasteiger partial charge is 0.118 e. The number of hydrogen-bond donors (Lipinski definition) is 0. The first-order valence-corrected chi connectivity index (χ1v) is 11.9. The lowest BCUT2D eigenvalue weighted by Crippen LogP contribution is -2.59. The maximum atomic E-state index is 2.50. The molecule has 0 spiro atoms. The third-order valence-corrected chi connectivity index (χ3v) is 9.33. The van der Waals surface area contributed by atoms with E-state index >= 15 is 0 Å². The highest BCUT2D eigenvalue weighted by Gasteiger charge is 2.39. The van der Waals surface area contributed by atoms with Crippen molar-refractivity contribution in [3.63, 3.8) is 0 Å². The number of rotatable bonds is 0. The highest BCUT2D eigenvalue weighted by molar-refractivity contribution is 7.04. The fraction of sp³-hybridized carbons (Fsp3) is 0.130. The molecule has 1 heterocycles. The van der Waals surface area contributed by atoms with Gasteiger partial charge in [0.2, 0.25) is 0 Å². The molecule has 0 N–H and O–H groups in total. The maximum Gasteiger partial charge on any atom is 0.118 e. The van der Waals surface area contributed by atoms with E-state index in [1.54, 1.807) is 5.19 Å². The van der Waals surface area contributed by atoms with Crippen LogP contribution in [0.2, 0.25) is 13.1 Å². The molecule has 0 unspecified atom stereocenters. The summed E-state index contributed by atoms with van der Waals surface area (Å²) in [6.07, 6.45) is 0. The third-order valence-electron chi connectivity index (χ3n) is 5.80. The van der Waals surface area contributed by atoms with E-state index in [4.69, 9.17) is 0 Å². The molecule has 122 valence electrons. The van der Waals surface area contributed by atoms with Gasteiger partial charge in [0.05, 0.1) is 0 Å². The van der Waals surface area contributed by atoms with Crippen LogP contribution in [0.5, 0.6) is 0 Å². The fourth-order valence-corrected chi connectivity index (χ4v) is 8.11. The van der Waals surface area contributed by atoms with Crippen LogP contribution in [0, 0.1) is 0 Å². The highest BCUT2D eigenvalue weighted by atomic mass is 28.3. The summed E-state index contributed by atoms with van der Waals surface area (Å²) in [7, 11) is 0.428. The van der Waals surface area contributed by atoms with Crippen molar-refractivity contribution < 1.29 is 0 Å².